The van der Waals surface area contributed by atoms with Gasteiger partial charge >= 0.3 is 0 Å². The Hall–Kier alpha value is -2.09. The molecular weight excluding hydrogens is 408 g/mol. The van der Waals surface area contributed by atoms with Gasteiger partial charge in [0, 0.05) is 30.0 Å². The summed E-state index contributed by atoms with van der Waals surface area (Å²) in [5, 5.41) is 20.9. The highest BCUT2D eigenvalue weighted by Crippen LogP contribution is 2.58. The Kier molecular flexibility index (Phi) is 6.28. The zero-order valence-electron chi connectivity index (χ0n) is 18.4. The van der Waals surface area contributed by atoms with Gasteiger partial charge in [0.05, 0.1) is 18.7 Å². The number of hydrogen-bond donors (Lipinski definition) is 1. The molecule has 1 amide bonds. The zero-order chi connectivity index (χ0) is 22.2. The molecule has 1 saturated carbocycles. The van der Waals surface area contributed by atoms with Crippen molar-refractivity contribution in [2.45, 2.75) is 65.0 Å². The lowest BCUT2D eigenvalue weighted by Crippen LogP contribution is -2.49. The second-order valence-electron chi connectivity index (χ2n) is 9.62. The molecule has 1 heterocycles. The quantitative estimate of drug-likeness (QED) is 0.620. The van der Waals surface area contributed by atoms with Crippen LogP contribution in [-0.2, 0) is 11.3 Å². The maximum atomic E-state index is 13.0. The minimum absolute atomic E-state index is 0.0768. The van der Waals surface area contributed by atoms with Crippen molar-refractivity contribution in [3.63, 3.8) is 0 Å². The molecule has 3 aliphatic rings. The van der Waals surface area contributed by atoms with E-state index < -0.39 is 6.10 Å². The molecule has 5 heteroatoms. The maximum absolute atomic E-state index is 13.0. The van der Waals surface area contributed by atoms with Gasteiger partial charge in [-0.15, -0.1) is 0 Å². The third-order valence-electron chi connectivity index (χ3n) is 7.94. The molecule has 1 aliphatic heterocycles. The van der Waals surface area contributed by atoms with Crippen molar-refractivity contribution in [1.82, 2.24) is 4.90 Å². The van der Waals surface area contributed by atoms with E-state index in [1.54, 1.807) is 0 Å². The van der Waals surface area contributed by atoms with E-state index in [1.807, 2.05) is 35.2 Å². The van der Waals surface area contributed by atoms with Crippen LogP contribution in [0.15, 0.2) is 47.7 Å². The number of aliphatic hydroxyl groups excluding tert-OH is 1. The van der Waals surface area contributed by atoms with Crippen LogP contribution in [0.25, 0.3) is 0 Å². The first kappa shape index (κ1) is 22.1. The molecule has 5 atom stereocenters. The van der Waals surface area contributed by atoms with E-state index in [1.165, 1.54) is 11.1 Å². The maximum Gasteiger partial charge on any atom is 0.226 e. The number of benzene rings is 1. The predicted octanol–water partition coefficient (Wildman–Crippen LogP) is 5.62. The normalized spacial score (nSPS) is 32.9. The summed E-state index contributed by atoms with van der Waals surface area (Å²) in [7, 11) is 0. The van der Waals surface area contributed by atoms with Gasteiger partial charge < -0.3 is 10.0 Å². The number of amides is 1. The molecule has 2 aliphatic carbocycles. The van der Waals surface area contributed by atoms with E-state index in [2.05, 4.69) is 26.1 Å². The summed E-state index contributed by atoms with van der Waals surface area (Å²) in [6.45, 7) is 4.80. The molecule has 1 aromatic rings. The average Bonchev–Trinajstić information content (AvgIpc) is 2.86. The van der Waals surface area contributed by atoms with Gasteiger partial charge in [0.15, 0.2) is 0 Å². The summed E-state index contributed by atoms with van der Waals surface area (Å²) >= 11 is 6.36. The van der Waals surface area contributed by atoms with Crippen LogP contribution < -0.4 is 0 Å². The number of allylic oxidation sites excluding steroid dienone is 2. The molecule has 1 unspecified atom stereocenters. The average molecular weight is 439 g/mol. The molecule has 164 valence electrons. The molecule has 0 spiro atoms. The zero-order valence-corrected chi connectivity index (χ0v) is 19.1. The number of rotatable bonds is 4. The third kappa shape index (κ3) is 4.06. The highest BCUT2D eigenvalue weighted by Gasteiger charge is 2.52. The lowest BCUT2D eigenvalue weighted by atomic mass is 9.51. The van der Waals surface area contributed by atoms with Crippen molar-refractivity contribution >= 4 is 17.5 Å². The minimum Gasteiger partial charge on any atom is -0.389 e. The van der Waals surface area contributed by atoms with Gasteiger partial charge in [-0.25, -0.2) is 0 Å². The van der Waals surface area contributed by atoms with Crippen molar-refractivity contribution in [1.29, 1.82) is 5.26 Å². The molecule has 1 N–H and O–H groups in total. The number of aliphatic hydroxyl groups is 1. The standard InChI is InChI=1S/C26H31ClN2O2/c1-17-14-23(30)25-21(20(17)7-5-13-28)10-9-19-16-29(24(31)11-12-26(19,25)2)15-18-6-3-4-8-22(18)27/h3-4,6,8,14,16,20-21,23,25,30H,5,7,9-12,15H2,1-2H3/t20-,21+,23?,25-,26+/m1/s1. The summed E-state index contributed by atoms with van der Waals surface area (Å²) in [5.74, 6) is 0.871. The highest BCUT2D eigenvalue weighted by molar-refractivity contribution is 6.31. The smallest absolute Gasteiger partial charge is 0.226 e. The molecule has 4 nitrogen and oxygen atoms in total. The Bertz CT molecular complexity index is 962. The van der Waals surface area contributed by atoms with Gasteiger partial charge in [-0.05, 0) is 67.1 Å². The van der Waals surface area contributed by atoms with Gasteiger partial charge in [-0.1, -0.05) is 48.4 Å². The van der Waals surface area contributed by atoms with Crippen LogP contribution in [-0.4, -0.2) is 22.0 Å². The van der Waals surface area contributed by atoms with Crippen LogP contribution in [0, 0.1) is 34.5 Å². The topological polar surface area (TPSA) is 64.3 Å². The molecular formula is C26H31ClN2O2. The number of fused-ring (bicyclic) bond motifs is 3. The fraction of sp³-hybridized carbons (Fsp3) is 0.538. The van der Waals surface area contributed by atoms with Gasteiger partial charge in [0.25, 0.3) is 0 Å². The summed E-state index contributed by atoms with van der Waals surface area (Å²) in [4.78, 5) is 14.9. The van der Waals surface area contributed by atoms with Gasteiger partial charge in [0.1, 0.15) is 0 Å². The Morgan fingerprint density at radius 2 is 2.10 bits per heavy atom. The Labute approximate surface area is 190 Å². The second kappa shape index (κ2) is 8.81. The second-order valence-corrected chi connectivity index (χ2v) is 10.0. The van der Waals surface area contributed by atoms with E-state index in [4.69, 9.17) is 16.9 Å². The minimum atomic E-state index is -0.512. The van der Waals surface area contributed by atoms with Crippen LogP contribution in [0.2, 0.25) is 5.02 Å². The van der Waals surface area contributed by atoms with Gasteiger partial charge in [-0.2, -0.15) is 5.26 Å². The Morgan fingerprint density at radius 1 is 1.32 bits per heavy atom. The fourth-order valence-electron chi connectivity index (χ4n) is 6.31. The number of hydrogen-bond acceptors (Lipinski definition) is 3. The van der Waals surface area contributed by atoms with E-state index in [0.717, 1.165) is 31.2 Å². The van der Waals surface area contributed by atoms with Crippen LogP contribution in [0.3, 0.4) is 0 Å². The molecule has 0 radical (unpaired) electrons. The van der Waals surface area contributed by atoms with Crippen molar-refractivity contribution in [3.05, 3.63) is 58.3 Å². The van der Waals surface area contributed by atoms with Crippen LogP contribution in [0.5, 0.6) is 0 Å². The largest absolute Gasteiger partial charge is 0.389 e. The monoisotopic (exact) mass is 438 g/mol. The third-order valence-corrected chi connectivity index (χ3v) is 8.31. The number of halogens is 1. The summed E-state index contributed by atoms with van der Waals surface area (Å²) < 4.78 is 0. The van der Waals surface area contributed by atoms with E-state index in [-0.39, 0.29) is 17.2 Å². The lowest BCUT2D eigenvalue weighted by Gasteiger charge is -2.53. The van der Waals surface area contributed by atoms with Crippen LogP contribution in [0.4, 0.5) is 0 Å². The summed E-state index contributed by atoms with van der Waals surface area (Å²) in [6.07, 6.45) is 8.05. The SMILES string of the molecule is CC1=CC(O)[C@H]2[C@@H](CCC3=CN(Cc4ccccc4Cl)C(=O)CC[C@@]32C)[C@@H]1CCC#N. The molecule has 0 aromatic heterocycles. The molecule has 1 aromatic carbocycles. The van der Waals surface area contributed by atoms with E-state index in [0.29, 0.717) is 36.2 Å². The van der Waals surface area contributed by atoms with Crippen molar-refractivity contribution in [2.75, 3.05) is 0 Å². The molecule has 1 fully saturated rings. The first-order valence-corrected chi connectivity index (χ1v) is 11.7. The van der Waals surface area contributed by atoms with E-state index >= 15 is 0 Å². The van der Waals surface area contributed by atoms with Gasteiger partial charge in [0.2, 0.25) is 5.91 Å². The number of nitrogens with zero attached hydrogens (tertiary/aromatic N) is 2. The molecule has 4 rings (SSSR count). The van der Waals surface area contributed by atoms with Crippen LogP contribution in [0.1, 0.15) is 57.9 Å². The molecule has 0 saturated heterocycles. The number of nitriles is 1. The molecule has 0 bridgehead atoms. The predicted molar refractivity (Wildman–Crippen MR) is 122 cm³/mol. The summed E-state index contributed by atoms with van der Waals surface area (Å²) in [5.41, 5.74) is 3.19. The van der Waals surface area contributed by atoms with E-state index in [9.17, 15) is 9.90 Å². The van der Waals surface area contributed by atoms with Crippen molar-refractivity contribution in [3.8, 4) is 6.07 Å². The van der Waals surface area contributed by atoms with Crippen LogP contribution >= 0.6 is 11.6 Å². The van der Waals surface area contributed by atoms with Crippen molar-refractivity contribution < 1.29 is 9.90 Å². The number of carbonyl (C=O) groups excluding carboxylic acids is 1. The molecule has 31 heavy (non-hydrogen) atoms. The highest BCUT2D eigenvalue weighted by atomic mass is 35.5. The number of carbonyl (C=O) groups is 1. The Balaban J connectivity index is 1.67. The fourth-order valence-corrected chi connectivity index (χ4v) is 6.50. The Morgan fingerprint density at radius 3 is 2.84 bits per heavy atom. The first-order valence-electron chi connectivity index (χ1n) is 11.3. The van der Waals surface area contributed by atoms with Crippen molar-refractivity contribution in [2.24, 2.45) is 23.2 Å². The van der Waals surface area contributed by atoms with Gasteiger partial charge in [-0.3, -0.25) is 4.79 Å². The first-order chi connectivity index (χ1) is 14.8. The lowest BCUT2D eigenvalue weighted by molar-refractivity contribution is -0.129. The summed E-state index contributed by atoms with van der Waals surface area (Å²) in [6, 6.07) is 9.96.